The van der Waals surface area contributed by atoms with Crippen molar-refractivity contribution in [2.75, 3.05) is 19.7 Å². The summed E-state index contributed by atoms with van der Waals surface area (Å²) >= 11 is 0. The van der Waals surface area contributed by atoms with Crippen LogP contribution in [0.25, 0.3) is 0 Å². The van der Waals surface area contributed by atoms with E-state index < -0.39 is 0 Å². The number of hydrogen-bond donors (Lipinski definition) is 2. The number of benzene rings is 2. The Labute approximate surface area is 154 Å². The van der Waals surface area contributed by atoms with Crippen LogP contribution in [0, 0.1) is 0 Å². The third kappa shape index (κ3) is 6.59. The van der Waals surface area contributed by atoms with Gasteiger partial charge in [-0.05, 0) is 35.7 Å². The van der Waals surface area contributed by atoms with E-state index in [0.717, 1.165) is 5.75 Å². The summed E-state index contributed by atoms with van der Waals surface area (Å²) in [5, 5.41) is 5.57. The van der Waals surface area contributed by atoms with E-state index in [2.05, 4.69) is 24.5 Å². The first-order chi connectivity index (χ1) is 12.6. The van der Waals surface area contributed by atoms with Gasteiger partial charge in [0.1, 0.15) is 5.75 Å². The summed E-state index contributed by atoms with van der Waals surface area (Å²) in [4.78, 5) is 23.8. The average molecular weight is 354 g/mol. The molecule has 5 heteroatoms. The van der Waals surface area contributed by atoms with Crippen LogP contribution in [0.5, 0.6) is 5.75 Å². The van der Waals surface area contributed by atoms with Gasteiger partial charge in [0.05, 0.1) is 13.0 Å². The van der Waals surface area contributed by atoms with Gasteiger partial charge in [0.2, 0.25) is 5.91 Å². The highest BCUT2D eigenvalue weighted by atomic mass is 16.5. The molecular weight excluding hydrogens is 328 g/mol. The van der Waals surface area contributed by atoms with Crippen LogP contribution >= 0.6 is 0 Å². The number of rotatable bonds is 9. The van der Waals surface area contributed by atoms with Crippen molar-refractivity contribution in [1.82, 2.24) is 10.6 Å². The lowest BCUT2D eigenvalue weighted by Gasteiger charge is -2.09. The van der Waals surface area contributed by atoms with Gasteiger partial charge in [-0.3, -0.25) is 9.59 Å². The number of carbonyl (C=O) groups excluding carboxylic acids is 2. The molecule has 138 valence electrons. The third-order valence-corrected chi connectivity index (χ3v) is 3.91. The van der Waals surface area contributed by atoms with Crippen LogP contribution < -0.4 is 15.4 Å². The number of carbonyl (C=O) groups is 2. The highest BCUT2D eigenvalue weighted by molar-refractivity contribution is 5.94. The summed E-state index contributed by atoms with van der Waals surface area (Å²) in [5.41, 5.74) is 1.82. The number of hydrogen-bond acceptors (Lipinski definition) is 3. The Morgan fingerprint density at radius 3 is 2.23 bits per heavy atom. The first-order valence-electron chi connectivity index (χ1n) is 8.89. The number of ether oxygens (including phenoxy) is 1. The Hall–Kier alpha value is -2.82. The maximum absolute atomic E-state index is 12.1. The van der Waals surface area contributed by atoms with E-state index in [0.29, 0.717) is 31.2 Å². The van der Waals surface area contributed by atoms with Crippen LogP contribution in [0.4, 0.5) is 0 Å². The highest BCUT2D eigenvalue weighted by Crippen LogP contribution is 2.14. The van der Waals surface area contributed by atoms with Gasteiger partial charge in [-0.25, -0.2) is 0 Å². The summed E-state index contributed by atoms with van der Waals surface area (Å²) in [5.74, 6) is 0.947. The monoisotopic (exact) mass is 354 g/mol. The van der Waals surface area contributed by atoms with Gasteiger partial charge in [0, 0.05) is 18.7 Å². The van der Waals surface area contributed by atoms with Crippen LogP contribution in [-0.2, 0) is 4.79 Å². The number of amides is 2. The van der Waals surface area contributed by atoms with Crippen molar-refractivity contribution in [3.05, 3.63) is 65.7 Å². The second-order valence-electron chi connectivity index (χ2n) is 6.29. The predicted octanol–water partition coefficient (Wildman–Crippen LogP) is 3.13. The van der Waals surface area contributed by atoms with Crippen molar-refractivity contribution >= 4 is 11.8 Å². The van der Waals surface area contributed by atoms with Crippen LogP contribution in [0.15, 0.2) is 54.6 Å². The summed E-state index contributed by atoms with van der Waals surface area (Å²) in [6.45, 7) is 5.33. The Balaban J connectivity index is 1.60. The van der Waals surface area contributed by atoms with E-state index in [-0.39, 0.29) is 18.2 Å². The summed E-state index contributed by atoms with van der Waals surface area (Å²) in [6, 6.07) is 17.0. The highest BCUT2D eigenvalue weighted by Gasteiger charge is 2.06. The minimum atomic E-state index is -0.137. The molecule has 2 N–H and O–H groups in total. The van der Waals surface area contributed by atoms with Gasteiger partial charge >= 0.3 is 0 Å². The fourth-order valence-corrected chi connectivity index (χ4v) is 2.37. The normalized spacial score (nSPS) is 10.4. The van der Waals surface area contributed by atoms with Crippen molar-refractivity contribution in [2.24, 2.45) is 0 Å². The van der Waals surface area contributed by atoms with E-state index in [9.17, 15) is 9.59 Å². The average Bonchev–Trinajstić information content (AvgIpc) is 2.66. The Bertz CT molecular complexity index is 697. The summed E-state index contributed by atoms with van der Waals surface area (Å²) < 4.78 is 5.47. The molecule has 0 saturated carbocycles. The quantitative estimate of drug-likeness (QED) is 0.680. The van der Waals surface area contributed by atoms with Crippen molar-refractivity contribution in [1.29, 1.82) is 0 Å². The van der Waals surface area contributed by atoms with E-state index in [1.54, 1.807) is 0 Å². The van der Waals surface area contributed by atoms with Gasteiger partial charge in [-0.15, -0.1) is 0 Å². The second kappa shape index (κ2) is 10.2. The molecule has 0 heterocycles. The second-order valence-corrected chi connectivity index (χ2v) is 6.29. The Morgan fingerprint density at radius 2 is 1.58 bits per heavy atom. The van der Waals surface area contributed by atoms with Crippen LogP contribution in [-0.4, -0.2) is 31.5 Å². The van der Waals surface area contributed by atoms with E-state index in [1.165, 1.54) is 5.56 Å². The standard InChI is InChI=1S/C21H26N2O3/c1-16(2)17-8-10-18(11-9-17)21(25)23-14-13-22-20(24)12-15-26-19-6-4-3-5-7-19/h3-11,16H,12-15H2,1-2H3,(H,22,24)(H,23,25). The largest absolute Gasteiger partial charge is 0.493 e. The topological polar surface area (TPSA) is 67.4 Å². The van der Waals surface area contributed by atoms with Crippen molar-refractivity contribution in [3.63, 3.8) is 0 Å². The molecule has 2 aromatic carbocycles. The van der Waals surface area contributed by atoms with Crippen LogP contribution in [0.3, 0.4) is 0 Å². The summed E-state index contributed by atoms with van der Waals surface area (Å²) in [7, 11) is 0. The fraction of sp³-hybridized carbons (Fsp3) is 0.333. The van der Waals surface area contributed by atoms with Gasteiger partial charge in [-0.2, -0.15) is 0 Å². The molecule has 0 aliphatic carbocycles. The lowest BCUT2D eigenvalue weighted by molar-refractivity contribution is -0.121. The molecule has 0 aliphatic rings. The minimum absolute atomic E-state index is 0.100. The molecular formula is C21H26N2O3. The molecule has 0 fully saturated rings. The molecule has 0 aromatic heterocycles. The van der Waals surface area contributed by atoms with Crippen molar-refractivity contribution < 1.29 is 14.3 Å². The molecule has 0 spiro atoms. The van der Waals surface area contributed by atoms with Gasteiger partial charge in [-0.1, -0.05) is 44.2 Å². The number of nitrogens with one attached hydrogen (secondary N) is 2. The molecule has 0 radical (unpaired) electrons. The zero-order valence-electron chi connectivity index (χ0n) is 15.3. The predicted molar refractivity (Wildman–Crippen MR) is 102 cm³/mol. The molecule has 0 unspecified atom stereocenters. The Morgan fingerprint density at radius 1 is 0.923 bits per heavy atom. The van der Waals surface area contributed by atoms with E-state index >= 15 is 0 Å². The zero-order valence-corrected chi connectivity index (χ0v) is 15.3. The lowest BCUT2D eigenvalue weighted by Crippen LogP contribution is -2.35. The molecule has 0 atom stereocenters. The molecule has 2 aromatic rings. The molecule has 0 saturated heterocycles. The maximum atomic E-state index is 12.1. The molecule has 26 heavy (non-hydrogen) atoms. The van der Waals surface area contributed by atoms with Gasteiger partial charge in [0.25, 0.3) is 5.91 Å². The lowest BCUT2D eigenvalue weighted by atomic mass is 10.0. The minimum Gasteiger partial charge on any atom is -0.493 e. The Kier molecular flexibility index (Phi) is 7.68. The number of para-hydroxylation sites is 1. The molecule has 5 nitrogen and oxygen atoms in total. The van der Waals surface area contributed by atoms with Gasteiger partial charge in [0.15, 0.2) is 0 Å². The molecule has 2 amide bonds. The third-order valence-electron chi connectivity index (χ3n) is 3.91. The van der Waals surface area contributed by atoms with Crippen LogP contribution in [0.1, 0.15) is 42.1 Å². The van der Waals surface area contributed by atoms with Crippen molar-refractivity contribution in [2.45, 2.75) is 26.2 Å². The zero-order chi connectivity index (χ0) is 18.8. The van der Waals surface area contributed by atoms with Crippen molar-refractivity contribution in [3.8, 4) is 5.75 Å². The molecule has 0 bridgehead atoms. The fourth-order valence-electron chi connectivity index (χ4n) is 2.37. The smallest absolute Gasteiger partial charge is 0.251 e. The molecule has 2 rings (SSSR count). The SMILES string of the molecule is CC(C)c1ccc(C(=O)NCCNC(=O)CCOc2ccccc2)cc1. The van der Waals surface area contributed by atoms with Gasteiger partial charge < -0.3 is 15.4 Å². The maximum Gasteiger partial charge on any atom is 0.251 e. The van der Waals surface area contributed by atoms with E-state index in [4.69, 9.17) is 4.74 Å². The van der Waals surface area contributed by atoms with E-state index in [1.807, 2.05) is 54.6 Å². The first-order valence-corrected chi connectivity index (χ1v) is 8.89. The first kappa shape index (κ1) is 19.5. The summed E-state index contributed by atoms with van der Waals surface area (Å²) in [6.07, 6.45) is 0.277. The van der Waals surface area contributed by atoms with Crippen LogP contribution in [0.2, 0.25) is 0 Å². The molecule has 0 aliphatic heterocycles.